The van der Waals surface area contributed by atoms with E-state index in [0.717, 1.165) is 29.6 Å². The number of para-hydroxylation sites is 1. The molecule has 2 aromatic rings. The minimum absolute atomic E-state index is 0.0293. The van der Waals surface area contributed by atoms with Crippen LogP contribution < -0.4 is 16.2 Å². The first-order valence-corrected chi connectivity index (χ1v) is 7.54. The lowest BCUT2D eigenvalue weighted by Crippen LogP contribution is -2.44. The number of fused-ring (bicyclic) bond motifs is 1. The van der Waals surface area contributed by atoms with Crippen LogP contribution in [-0.2, 0) is 9.53 Å². The average Bonchev–Trinajstić information content (AvgIpc) is 3.13. The van der Waals surface area contributed by atoms with Gasteiger partial charge in [0.05, 0.1) is 12.2 Å². The maximum absolute atomic E-state index is 11.8. The molecule has 0 radical (unpaired) electrons. The highest BCUT2D eigenvalue weighted by Gasteiger charge is 2.28. The molecule has 0 bridgehead atoms. The number of hydrogen-bond donors (Lipinski definition) is 3. The van der Waals surface area contributed by atoms with Crippen molar-refractivity contribution in [2.24, 2.45) is 0 Å². The Morgan fingerprint density at radius 1 is 1.41 bits per heavy atom. The van der Waals surface area contributed by atoms with Crippen molar-refractivity contribution in [1.29, 1.82) is 0 Å². The van der Waals surface area contributed by atoms with Crippen molar-refractivity contribution in [3.8, 4) is 0 Å². The summed E-state index contributed by atoms with van der Waals surface area (Å²) in [5, 5.41) is 4.05. The summed E-state index contributed by atoms with van der Waals surface area (Å²) in [4.78, 5) is 11.8. The molecule has 6 nitrogen and oxygen atoms in total. The van der Waals surface area contributed by atoms with E-state index in [1.54, 1.807) is 7.11 Å². The first-order valence-electron chi connectivity index (χ1n) is 7.54. The molecular formula is C16H21N3O3. The summed E-state index contributed by atoms with van der Waals surface area (Å²) in [6.07, 6.45) is 1.86. The third-order valence-electron chi connectivity index (χ3n) is 3.78. The van der Waals surface area contributed by atoms with Gasteiger partial charge in [-0.15, -0.1) is 0 Å². The largest absolute Gasteiger partial charge is 0.459 e. The van der Waals surface area contributed by atoms with Crippen molar-refractivity contribution in [2.45, 2.75) is 31.5 Å². The molecule has 3 N–H and O–H groups in total. The van der Waals surface area contributed by atoms with E-state index in [0.29, 0.717) is 13.0 Å². The van der Waals surface area contributed by atoms with Crippen molar-refractivity contribution in [3.63, 3.8) is 0 Å². The fourth-order valence-electron chi connectivity index (χ4n) is 2.65. The van der Waals surface area contributed by atoms with Gasteiger partial charge in [-0.05, 0) is 18.6 Å². The second kappa shape index (κ2) is 6.91. The monoisotopic (exact) mass is 303 g/mol. The Morgan fingerprint density at radius 2 is 2.27 bits per heavy atom. The normalized spacial score (nSPS) is 21.3. The maximum Gasteiger partial charge on any atom is 0.221 e. The summed E-state index contributed by atoms with van der Waals surface area (Å²) in [5.74, 6) is 0.909. The molecule has 22 heavy (non-hydrogen) atoms. The van der Waals surface area contributed by atoms with Crippen molar-refractivity contribution in [2.75, 3.05) is 13.7 Å². The van der Waals surface area contributed by atoms with Gasteiger partial charge in [-0.3, -0.25) is 4.79 Å². The Labute approximate surface area is 129 Å². The van der Waals surface area contributed by atoms with Gasteiger partial charge in [0.25, 0.3) is 0 Å². The van der Waals surface area contributed by atoms with Crippen LogP contribution in [0.1, 0.15) is 31.1 Å². The highest BCUT2D eigenvalue weighted by Crippen LogP contribution is 2.27. The SMILES string of the molecule is COCCCC(=O)NC1CC(c2cc3ccccc3o2)NN1. The van der Waals surface area contributed by atoms with Crippen LogP contribution >= 0.6 is 0 Å². The Hall–Kier alpha value is -1.89. The zero-order valence-corrected chi connectivity index (χ0v) is 12.6. The van der Waals surface area contributed by atoms with E-state index in [-0.39, 0.29) is 18.1 Å². The van der Waals surface area contributed by atoms with Crippen LogP contribution in [0.3, 0.4) is 0 Å². The molecule has 0 saturated carbocycles. The quantitative estimate of drug-likeness (QED) is 0.710. The summed E-state index contributed by atoms with van der Waals surface area (Å²) >= 11 is 0. The zero-order chi connectivity index (χ0) is 15.4. The van der Waals surface area contributed by atoms with Crippen LogP contribution in [-0.4, -0.2) is 25.8 Å². The van der Waals surface area contributed by atoms with Crippen LogP contribution in [0.2, 0.25) is 0 Å². The fraction of sp³-hybridized carbons (Fsp3) is 0.438. The number of nitrogens with one attached hydrogen (secondary N) is 3. The molecule has 1 aliphatic heterocycles. The molecule has 1 aromatic heterocycles. The summed E-state index contributed by atoms with van der Waals surface area (Å²) in [5.41, 5.74) is 7.15. The van der Waals surface area contributed by atoms with E-state index in [9.17, 15) is 4.79 Å². The van der Waals surface area contributed by atoms with Crippen molar-refractivity contribution in [3.05, 3.63) is 36.1 Å². The summed E-state index contributed by atoms with van der Waals surface area (Å²) < 4.78 is 10.8. The highest BCUT2D eigenvalue weighted by atomic mass is 16.5. The van der Waals surface area contributed by atoms with Gasteiger partial charge in [-0.1, -0.05) is 18.2 Å². The molecule has 0 aliphatic carbocycles. The van der Waals surface area contributed by atoms with Crippen molar-refractivity contribution in [1.82, 2.24) is 16.2 Å². The van der Waals surface area contributed by atoms with Crippen LogP contribution in [0.25, 0.3) is 11.0 Å². The lowest BCUT2D eigenvalue weighted by molar-refractivity contribution is -0.122. The van der Waals surface area contributed by atoms with Crippen molar-refractivity contribution < 1.29 is 13.9 Å². The maximum atomic E-state index is 11.8. The molecule has 2 heterocycles. The minimum Gasteiger partial charge on any atom is -0.459 e. The first-order chi connectivity index (χ1) is 10.8. The molecule has 1 aliphatic rings. The van der Waals surface area contributed by atoms with Gasteiger partial charge in [0, 0.05) is 31.9 Å². The molecule has 6 heteroatoms. The topological polar surface area (TPSA) is 75.5 Å². The number of furan rings is 1. The van der Waals surface area contributed by atoms with Gasteiger partial charge in [0.1, 0.15) is 11.3 Å². The predicted molar refractivity (Wildman–Crippen MR) is 82.9 cm³/mol. The number of carbonyl (C=O) groups is 1. The number of hydrazine groups is 1. The van der Waals surface area contributed by atoms with Crippen molar-refractivity contribution >= 4 is 16.9 Å². The summed E-state index contributed by atoms with van der Waals surface area (Å²) in [6.45, 7) is 0.603. The van der Waals surface area contributed by atoms with Gasteiger partial charge >= 0.3 is 0 Å². The van der Waals surface area contributed by atoms with Crippen LogP contribution in [0.5, 0.6) is 0 Å². The lowest BCUT2D eigenvalue weighted by Gasteiger charge is -2.11. The van der Waals surface area contributed by atoms with Crippen LogP contribution in [0.15, 0.2) is 34.7 Å². The molecule has 1 fully saturated rings. The van der Waals surface area contributed by atoms with E-state index in [1.165, 1.54) is 0 Å². The minimum atomic E-state index is -0.0896. The average molecular weight is 303 g/mol. The van der Waals surface area contributed by atoms with Gasteiger partial charge < -0.3 is 14.5 Å². The van der Waals surface area contributed by atoms with E-state index >= 15 is 0 Å². The number of benzene rings is 1. The molecule has 1 saturated heterocycles. The van der Waals surface area contributed by atoms with E-state index in [4.69, 9.17) is 9.15 Å². The highest BCUT2D eigenvalue weighted by molar-refractivity contribution is 5.78. The predicted octanol–water partition coefficient (Wildman–Crippen LogP) is 1.84. The van der Waals surface area contributed by atoms with Crippen LogP contribution in [0.4, 0.5) is 0 Å². The molecule has 0 spiro atoms. The summed E-state index contributed by atoms with van der Waals surface area (Å²) in [6, 6.07) is 10.0. The van der Waals surface area contributed by atoms with Gasteiger partial charge in [-0.25, -0.2) is 10.9 Å². The fourth-order valence-corrected chi connectivity index (χ4v) is 2.65. The molecule has 2 unspecified atom stereocenters. The molecule has 1 amide bonds. The van der Waals surface area contributed by atoms with Gasteiger partial charge in [0.15, 0.2) is 0 Å². The lowest BCUT2D eigenvalue weighted by atomic mass is 10.1. The van der Waals surface area contributed by atoms with Crippen LogP contribution in [0, 0.1) is 0 Å². The smallest absolute Gasteiger partial charge is 0.221 e. The van der Waals surface area contributed by atoms with E-state index < -0.39 is 0 Å². The Bertz CT molecular complexity index is 607. The Morgan fingerprint density at radius 3 is 3.09 bits per heavy atom. The van der Waals surface area contributed by atoms with Gasteiger partial charge in [0.2, 0.25) is 5.91 Å². The van der Waals surface area contributed by atoms with Gasteiger partial charge in [-0.2, -0.15) is 0 Å². The Balaban J connectivity index is 1.54. The molecule has 3 rings (SSSR count). The van der Waals surface area contributed by atoms with E-state index in [1.807, 2.05) is 30.3 Å². The second-order valence-corrected chi connectivity index (χ2v) is 5.48. The Kier molecular flexibility index (Phi) is 4.72. The number of carbonyl (C=O) groups excluding carboxylic acids is 1. The number of hydrogen-bond acceptors (Lipinski definition) is 5. The number of methoxy groups -OCH3 is 1. The second-order valence-electron chi connectivity index (χ2n) is 5.48. The third kappa shape index (κ3) is 3.47. The third-order valence-corrected chi connectivity index (χ3v) is 3.78. The molecule has 2 atom stereocenters. The molecular weight excluding hydrogens is 282 g/mol. The van der Waals surface area contributed by atoms with E-state index in [2.05, 4.69) is 16.2 Å². The number of amides is 1. The molecule has 118 valence electrons. The molecule has 1 aromatic carbocycles. The number of rotatable bonds is 6. The summed E-state index contributed by atoms with van der Waals surface area (Å²) in [7, 11) is 1.64. The zero-order valence-electron chi connectivity index (χ0n) is 12.6. The first kappa shape index (κ1) is 15.0. The number of ether oxygens (including phenoxy) is 1. The standard InChI is InChI=1S/C16H21N3O3/c1-21-8-4-7-16(20)17-15-10-12(18-19-15)14-9-11-5-2-3-6-13(11)22-14/h2-3,5-6,9,12,15,18-19H,4,7-8,10H2,1H3,(H,17,20).